The third-order valence-electron chi connectivity index (χ3n) is 12.8. The van der Waals surface area contributed by atoms with Gasteiger partial charge in [-0.05, 0) is 114 Å². The van der Waals surface area contributed by atoms with Gasteiger partial charge in [-0.3, -0.25) is 6.08 Å². The van der Waals surface area contributed by atoms with E-state index in [-0.39, 0.29) is 35.6 Å². The predicted octanol–water partition coefficient (Wildman–Crippen LogP) is 4.85. The van der Waals surface area contributed by atoms with E-state index in [4.69, 9.17) is 0 Å². The Kier molecular flexibility index (Phi) is 9.75. The van der Waals surface area contributed by atoms with Gasteiger partial charge in [0.05, 0.1) is 0 Å². The minimum absolute atomic E-state index is 0. The van der Waals surface area contributed by atoms with E-state index >= 15 is 0 Å². The second-order valence-electron chi connectivity index (χ2n) is 16.5. The quantitative estimate of drug-likeness (QED) is 0.246. The first-order valence-corrected chi connectivity index (χ1v) is 18.8. The van der Waals surface area contributed by atoms with Crippen molar-refractivity contribution in [2.75, 3.05) is 0 Å². The molecule has 0 unspecified atom stereocenters. The smallest absolute Gasteiger partial charge is 1.00 e. The third-order valence-corrected chi connectivity index (χ3v) is 12.8. The van der Waals surface area contributed by atoms with E-state index in [1.807, 2.05) is 0 Å². The van der Waals surface area contributed by atoms with Gasteiger partial charge < -0.3 is 24.8 Å². The minimum Gasteiger partial charge on any atom is -1.00 e. The van der Waals surface area contributed by atoms with Gasteiger partial charge in [0.25, 0.3) is 0 Å². The second kappa shape index (κ2) is 12.5. The van der Waals surface area contributed by atoms with Crippen LogP contribution in [0.2, 0.25) is 0 Å². The van der Waals surface area contributed by atoms with Gasteiger partial charge in [-0.15, -0.1) is 11.6 Å². The van der Waals surface area contributed by atoms with Crippen LogP contribution < -0.4 is 24.8 Å². The summed E-state index contributed by atoms with van der Waals surface area (Å²) in [5.41, 5.74) is 18.2. The van der Waals surface area contributed by atoms with Gasteiger partial charge in [0.1, 0.15) is 0 Å². The maximum atomic E-state index is 3.65. The molecule has 7 aliphatic rings. The number of hydrogen-bond donors (Lipinski definition) is 0. The van der Waals surface area contributed by atoms with Crippen molar-refractivity contribution in [1.82, 2.24) is 0 Å². The van der Waals surface area contributed by atoms with Crippen LogP contribution in [0.4, 0.5) is 0 Å². The standard InChI is InChI=1S/C25H25.C17H23.CH2.2ClH.Zr/c1-14-12-24(3,4)22-8-16-7-17-9-23-19(15(2)13-25(23,5)6)11-21(17)20(16)10-18(14)22;1-11-3-4-14(5-11)17(2)15-7-12-6-13(9-15)10-16(17)8-12;;;;/h8-12H,7H2,1-6H3;3-5,12-13,15-16H,6-10H2,1-2H3;1H2;2*1H;/q2*-1;;;;+2/p-2. The summed E-state index contributed by atoms with van der Waals surface area (Å²) in [6.07, 6.45) is 14.8. The third kappa shape index (κ3) is 5.52. The second-order valence-corrected chi connectivity index (χ2v) is 16.5. The number of benzene rings is 2. The summed E-state index contributed by atoms with van der Waals surface area (Å²) in [6, 6.07) is 17.0. The van der Waals surface area contributed by atoms with E-state index in [1.165, 1.54) is 111 Å². The molecular weight excluding hydrogens is 679 g/mol. The van der Waals surface area contributed by atoms with Crippen molar-refractivity contribution in [1.29, 1.82) is 0 Å². The van der Waals surface area contributed by atoms with Crippen LogP contribution in [0, 0.1) is 36.7 Å². The molecule has 3 heteroatoms. The summed E-state index contributed by atoms with van der Waals surface area (Å²) in [6.45, 7) is 18.5. The Morgan fingerprint density at radius 2 is 1.26 bits per heavy atom. The molecule has 0 N–H and O–H groups in total. The molecule has 0 nitrogen and oxygen atoms in total. The molecule has 0 heterocycles. The number of fused-ring (bicyclic) bond motifs is 5. The van der Waals surface area contributed by atoms with Crippen LogP contribution in [0.1, 0.15) is 125 Å². The van der Waals surface area contributed by atoms with Crippen LogP contribution in [-0.4, -0.2) is 4.21 Å². The minimum atomic E-state index is 0. The molecule has 46 heavy (non-hydrogen) atoms. The first-order chi connectivity index (χ1) is 20.8. The van der Waals surface area contributed by atoms with Crippen LogP contribution in [0.25, 0.3) is 22.3 Å². The zero-order valence-electron chi connectivity index (χ0n) is 29.1. The Balaban J connectivity index is 0.000000174. The maximum absolute atomic E-state index is 3.65. The fraction of sp³-hybridized carbons (Fsp3) is 0.488. The van der Waals surface area contributed by atoms with Gasteiger partial charge in [-0.2, -0.15) is 28.8 Å². The van der Waals surface area contributed by atoms with Crippen LogP contribution in [-0.2, 0) is 46.9 Å². The van der Waals surface area contributed by atoms with Gasteiger partial charge in [0, 0.05) is 5.41 Å². The summed E-state index contributed by atoms with van der Waals surface area (Å²) >= 11 is 1.30. The fourth-order valence-electron chi connectivity index (χ4n) is 10.8. The molecule has 10 rings (SSSR count). The molecule has 3 aromatic carbocycles. The molecule has 0 atom stereocenters. The number of allylic oxidation sites excluding steroid dienone is 4. The van der Waals surface area contributed by atoms with E-state index in [0.29, 0.717) is 5.41 Å². The Bertz CT molecular complexity index is 1620. The SMILES string of the molecule is CC1=[C-]C(C)(C)c2cc3c(cc21)-c1cc2c(cc1C3)C(C)(C)C=C2C.Cc1cc(C2(C)C3CC4CC(C3)CC2C4)c[cH-]1.[CH2]=[Zr+2].[Cl-].[Cl-]. The average Bonchev–Trinajstić information content (AvgIpc) is 3.68. The van der Waals surface area contributed by atoms with Crippen molar-refractivity contribution >= 4 is 15.4 Å². The summed E-state index contributed by atoms with van der Waals surface area (Å²) < 4.78 is 3.34. The molecule has 0 spiro atoms. The number of halogens is 2. The van der Waals surface area contributed by atoms with Crippen molar-refractivity contribution in [3.8, 4) is 11.1 Å². The molecular formula is C43H50Cl2Zr-2. The first-order valence-electron chi connectivity index (χ1n) is 17.1. The predicted molar refractivity (Wildman–Crippen MR) is 185 cm³/mol. The molecule has 0 saturated heterocycles. The summed E-state index contributed by atoms with van der Waals surface area (Å²) in [5, 5.41) is 0. The van der Waals surface area contributed by atoms with Crippen LogP contribution in [0.5, 0.6) is 0 Å². The number of hydrogen-bond acceptors (Lipinski definition) is 0. The molecule has 4 bridgehead atoms. The molecule has 3 aromatic rings. The summed E-state index contributed by atoms with van der Waals surface area (Å²) in [4.78, 5) is 0. The molecule has 0 aliphatic heterocycles. The summed E-state index contributed by atoms with van der Waals surface area (Å²) in [7, 11) is 0. The fourth-order valence-corrected chi connectivity index (χ4v) is 10.8. The Hall–Kier alpha value is -1.40. The van der Waals surface area contributed by atoms with Crippen molar-refractivity contribution in [3.63, 3.8) is 0 Å². The first kappa shape index (κ1) is 35.9. The monoisotopic (exact) mass is 726 g/mol. The average molecular weight is 729 g/mol. The van der Waals surface area contributed by atoms with Gasteiger partial charge in [-0.25, -0.2) is 11.6 Å². The molecule has 7 aliphatic carbocycles. The van der Waals surface area contributed by atoms with Crippen molar-refractivity contribution in [3.05, 3.63) is 99.1 Å². The van der Waals surface area contributed by atoms with E-state index in [9.17, 15) is 0 Å². The van der Waals surface area contributed by atoms with Gasteiger partial charge in [0.2, 0.25) is 0 Å². The zero-order chi connectivity index (χ0) is 31.3. The molecule has 4 fully saturated rings. The van der Waals surface area contributed by atoms with Gasteiger partial charge in [-0.1, -0.05) is 77.5 Å². The molecule has 4 saturated carbocycles. The normalized spacial score (nSPS) is 28.9. The van der Waals surface area contributed by atoms with E-state index in [1.54, 1.807) is 12.0 Å². The van der Waals surface area contributed by atoms with Crippen LogP contribution in [0.3, 0.4) is 0 Å². The Labute approximate surface area is 306 Å². The van der Waals surface area contributed by atoms with Gasteiger partial charge in [0.15, 0.2) is 0 Å². The van der Waals surface area contributed by atoms with E-state index in [2.05, 4.69) is 114 Å². The Morgan fingerprint density at radius 1 is 0.717 bits per heavy atom. The van der Waals surface area contributed by atoms with Crippen molar-refractivity contribution < 1.29 is 49.0 Å². The molecule has 0 amide bonds. The maximum Gasteiger partial charge on any atom is -1.00 e. The van der Waals surface area contributed by atoms with Crippen molar-refractivity contribution in [2.24, 2.45) is 23.7 Å². The van der Waals surface area contributed by atoms with Crippen molar-refractivity contribution in [2.45, 2.75) is 110 Å². The molecule has 0 radical (unpaired) electrons. The zero-order valence-corrected chi connectivity index (χ0v) is 33.1. The van der Waals surface area contributed by atoms with E-state index < -0.39 is 0 Å². The van der Waals surface area contributed by atoms with Crippen LogP contribution in [0.15, 0.2) is 48.5 Å². The van der Waals surface area contributed by atoms with Crippen LogP contribution >= 0.6 is 0 Å². The van der Waals surface area contributed by atoms with E-state index in [0.717, 1.165) is 30.1 Å². The van der Waals surface area contributed by atoms with Gasteiger partial charge >= 0.3 is 28.4 Å². The summed E-state index contributed by atoms with van der Waals surface area (Å²) in [5.74, 6) is 4.14. The molecule has 242 valence electrons. The largest absolute Gasteiger partial charge is 1.00 e. The topological polar surface area (TPSA) is 0 Å². The number of rotatable bonds is 1. The Morgan fingerprint density at radius 3 is 1.80 bits per heavy atom. The number of aryl methyl sites for hydroxylation is 1. The molecule has 0 aromatic heterocycles.